The molecule has 2 N–H and O–H groups in total. The predicted octanol–water partition coefficient (Wildman–Crippen LogP) is 2.30. The van der Waals surface area contributed by atoms with E-state index in [9.17, 15) is 14.0 Å². The number of nitrogens with one attached hydrogen (secondary N) is 1. The van der Waals surface area contributed by atoms with E-state index < -0.39 is 29.7 Å². The van der Waals surface area contributed by atoms with Crippen LogP contribution < -0.4 is 5.32 Å². The Morgan fingerprint density at radius 2 is 2.11 bits per heavy atom. The molecule has 0 spiro atoms. The van der Waals surface area contributed by atoms with Gasteiger partial charge in [0.2, 0.25) is 5.91 Å². The Hall–Kier alpha value is -1.91. The monoisotopic (exact) mass is 267 g/mol. The molecule has 1 aromatic rings. The SMILES string of the molecule is CCCC(NC(=O)C(C)c1cccc(F)c1)C(=O)O. The lowest BCUT2D eigenvalue weighted by molar-refractivity contribution is -0.142. The van der Waals surface area contributed by atoms with Crippen LogP contribution in [0.2, 0.25) is 0 Å². The molecule has 19 heavy (non-hydrogen) atoms. The number of benzene rings is 1. The molecule has 104 valence electrons. The van der Waals surface area contributed by atoms with E-state index in [-0.39, 0.29) is 0 Å². The van der Waals surface area contributed by atoms with Crippen molar-refractivity contribution >= 4 is 11.9 Å². The number of amides is 1. The molecule has 0 aliphatic heterocycles. The summed E-state index contributed by atoms with van der Waals surface area (Å²) in [6.07, 6.45) is 1.03. The van der Waals surface area contributed by atoms with Gasteiger partial charge in [-0.05, 0) is 31.0 Å². The predicted molar refractivity (Wildman–Crippen MR) is 69.3 cm³/mol. The minimum atomic E-state index is -1.05. The molecule has 5 heteroatoms. The zero-order valence-corrected chi connectivity index (χ0v) is 11.0. The zero-order chi connectivity index (χ0) is 14.4. The van der Waals surface area contributed by atoms with Gasteiger partial charge in [0, 0.05) is 0 Å². The summed E-state index contributed by atoms with van der Waals surface area (Å²) in [5.74, 6) is -2.47. The van der Waals surface area contributed by atoms with E-state index in [0.717, 1.165) is 0 Å². The number of hydrogen-bond donors (Lipinski definition) is 2. The summed E-state index contributed by atoms with van der Waals surface area (Å²) in [5.41, 5.74) is 0.526. The molecule has 1 aromatic carbocycles. The van der Waals surface area contributed by atoms with Gasteiger partial charge in [-0.2, -0.15) is 0 Å². The summed E-state index contributed by atoms with van der Waals surface area (Å²) in [4.78, 5) is 22.9. The number of carboxylic acids is 1. The van der Waals surface area contributed by atoms with Crippen LogP contribution in [0.1, 0.15) is 38.2 Å². The quantitative estimate of drug-likeness (QED) is 0.831. The highest BCUT2D eigenvalue weighted by Gasteiger charge is 2.23. The van der Waals surface area contributed by atoms with Crippen molar-refractivity contribution in [2.24, 2.45) is 0 Å². The third-order valence-corrected chi connectivity index (χ3v) is 2.93. The van der Waals surface area contributed by atoms with E-state index in [2.05, 4.69) is 5.32 Å². The van der Waals surface area contributed by atoms with Crippen molar-refractivity contribution in [3.63, 3.8) is 0 Å². The normalized spacial score (nSPS) is 13.6. The van der Waals surface area contributed by atoms with Gasteiger partial charge in [0.15, 0.2) is 0 Å². The fourth-order valence-corrected chi connectivity index (χ4v) is 1.77. The van der Waals surface area contributed by atoms with E-state index in [1.165, 1.54) is 18.2 Å². The molecule has 1 amide bonds. The highest BCUT2D eigenvalue weighted by Crippen LogP contribution is 2.16. The Morgan fingerprint density at radius 1 is 1.42 bits per heavy atom. The highest BCUT2D eigenvalue weighted by molar-refractivity contribution is 5.87. The van der Waals surface area contributed by atoms with E-state index in [0.29, 0.717) is 18.4 Å². The molecule has 0 aromatic heterocycles. The molecule has 2 atom stereocenters. The summed E-state index contributed by atoms with van der Waals surface area (Å²) in [7, 11) is 0. The number of rotatable bonds is 6. The van der Waals surface area contributed by atoms with E-state index in [1.807, 2.05) is 6.92 Å². The molecule has 0 saturated carbocycles. The average molecular weight is 267 g/mol. The molecule has 2 unspecified atom stereocenters. The molecule has 0 heterocycles. The largest absolute Gasteiger partial charge is 0.480 e. The summed E-state index contributed by atoms with van der Waals surface area (Å²) >= 11 is 0. The second-order valence-electron chi connectivity index (χ2n) is 4.46. The van der Waals surface area contributed by atoms with Crippen LogP contribution in [-0.4, -0.2) is 23.0 Å². The minimum Gasteiger partial charge on any atom is -0.480 e. The molecule has 0 saturated heterocycles. The third kappa shape index (κ3) is 4.35. The average Bonchev–Trinajstić information content (AvgIpc) is 2.37. The number of hydrogen-bond acceptors (Lipinski definition) is 2. The zero-order valence-electron chi connectivity index (χ0n) is 11.0. The van der Waals surface area contributed by atoms with Crippen molar-refractivity contribution in [3.8, 4) is 0 Å². The topological polar surface area (TPSA) is 66.4 Å². The minimum absolute atomic E-state index is 0.372. The van der Waals surface area contributed by atoms with Crippen LogP contribution in [0.3, 0.4) is 0 Å². The molecule has 0 bridgehead atoms. The van der Waals surface area contributed by atoms with Gasteiger partial charge in [0.1, 0.15) is 11.9 Å². The van der Waals surface area contributed by atoms with Crippen LogP contribution in [0.5, 0.6) is 0 Å². The van der Waals surface area contributed by atoms with Crippen molar-refractivity contribution < 1.29 is 19.1 Å². The summed E-state index contributed by atoms with van der Waals surface area (Å²) in [6, 6.07) is 4.84. The lowest BCUT2D eigenvalue weighted by Gasteiger charge is -2.17. The Kier molecular flexibility index (Phi) is 5.48. The first kappa shape index (κ1) is 15.1. The van der Waals surface area contributed by atoms with Gasteiger partial charge < -0.3 is 10.4 Å². The van der Waals surface area contributed by atoms with Gasteiger partial charge >= 0.3 is 5.97 Å². The Morgan fingerprint density at radius 3 is 2.63 bits per heavy atom. The van der Waals surface area contributed by atoms with Crippen molar-refractivity contribution in [3.05, 3.63) is 35.6 Å². The third-order valence-electron chi connectivity index (χ3n) is 2.93. The standard InChI is InChI=1S/C14H18FNO3/c1-3-5-12(14(18)19)16-13(17)9(2)10-6-4-7-11(15)8-10/h4,6-9,12H,3,5H2,1-2H3,(H,16,17)(H,18,19). The van der Waals surface area contributed by atoms with Crippen LogP contribution in [0, 0.1) is 5.82 Å². The molecule has 1 rings (SSSR count). The molecular weight excluding hydrogens is 249 g/mol. The number of carboxylic acid groups (broad SMARTS) is 1. The Labute approximate surface area is 111 Å². The van der Waals surface area contributed by atoms with Gasteiger partial charge in [-0.1, -0.05) is 25.5 Å². The smallest absolute Gasteiger partial charge is 0.326 e. The van der Waals surface area contributed by atoms with Gasteiger partial charge in [-0.25, -0.2) is 9.18 Å². The molecule has 0 aliphatic rings. The first-order valence-electron chi connectivity index (χ1n) is 6.24. The molecule has 0 fully saturated rings. The van der Waals surface area contributed by atoms with Crippen LogP contribution in [0.25, 0.3) is 0 Å². The van der Waals surface area contributed by atoms with Crippen molar-refractivity contribution in [1.82, 2.24) is 5.32 Å². The maximum absolute atomic E-state index is 13.1. The lowest BCUT2D eigenvalue weighted by Crippen LogP contribution is -2.42. The summed E-state index contributed by atoms with van der Waals surface area (Å²) in [6.45, 7) is 3.47. The second-order valence-corrected chi connectivity index (χ2v) is 4.46. The van der Waals surface area contributed by atoms with Crippen LogP contribution in [0.4, 0.5) is 4.39 Å². The Bertz CT molecular complexity index is 462. The number of carbonyl (C=O) groups excluding carboxylic acids is 1. The van der Waals surface area contributed by atoms with Crippen molar-refractivity contribution in [2.75, 3.05) is 0 Å². The van der Waals surface area contributed by atoms with E-state index >= 15 is 0 Å². The van der Waals surface area contributed by atoms with Gasteiger partial charge in [-0.3, -0.25) is 4.79 Å². The van der Waals surface area contributed by atoms with E-state index in [1.54, 1.807) is 13.0 Å². The second kappa shape index (κ2) is 6.87. The lowest BCUT2D eigenvalue weighted by atomic mass is 9.99. The Balaban J connectivity index is 2.74. The number of halogens is 1. The molecule has 4 nitrogen and oxygen atoms in total. The first-order chi connectivity index (χ1) is 8.95. The fourth-order valence-electron chi connectivity index (χ4n) is 1.77. The fraction of sp³-hybridized carbons (Fsp3) is 0.429. The summed E-state index contributed by atoms with van der Waals surface area (Å²) < 4.78 is 13.1. The first-order valence-corrected chi connectivity index (χ1v) is 6.24. The number of carbonyl (C=O) groups is 2. The molecule has 0 radical (unpaired) electrons. The van der Waals surface area contributed by atoms with Crippen LogP contribution in [-0.2, 0) is 9.59 Å². The van der Waals surface area contributed by atoms with Gasteiger partial charge in [0.05, 0.1) is 5.92 Å². The van der Waals surface area contributed by atoms with Crippen molar-refractivity contribution in [1.29, 1.82) is 0 Å². The molecular formula is C14H18FNO3. The summed E-state index contributed by atoms with van der Waals surface area (Å²) in [5, 5.41) is 11.4. The van der Waals surface area contributed by atoms with Crippen LogP contribution >= 0.6 is 0 Å². The van der Waals surface area contributed by atoms with Gasteiger partial charge in [0.25, 0.3) is 0 Å². The van der Waals surface area contributed by atoms with Crippen LogP contribution in [0.15, 0.2) is 24.3 Å². The highest BCUT2D eigenvalue weighted by atomic mass is 19.1. The maximum atomic E-state index is 13.1. The number of aliphatic carboxylic acids is 1. The van der Waals surface area contributed by atoms with E-state index in [4.69, 9.17) is 5.11 Å². The van der Waals surface area contributed by atoms with Gasteiger partial charge in [-0.15, -0.1) is 0 Å². The molecule has 0 aliphatic carbocycles. The van der Waals surface area contributed by atoms with Crippen molar-refractivity contribution in [2.45, 2.75) is 38.6 Å². The maximum Gasteiger partial charge on any atom is 0.326 e.